The highest BCUT2D eigenvalue weighted by Crippen LogP contribution is 2.32. The van der Waals surface area contributed by atoms with Crippen molar-refractivity contribution < 1.29 is 19.2 Å². The lowest BCUT2D eigenvalue weighted by Crippen LogP contribution is -2.27. The molecule has 7 nitrogen and oxygen atoms in total. The van der Waals surface area contributed by atoms with Gasteiger partial charge in [0, 0.05) is 23.6 Å². The number of nitrogens with one attached hydrogen (secondary N) is 1. The predicted molar refractivity (Wildman–Crippen MR) is 151 cm³/mol. The van der Waals surface area contributed by atoms with E-state index in [0.29, 0.717) is 28.6 Å². The summed E-state index contributed by atoms with van der Waals surface area (Å²) in [5.74, 6) is -0.659. The number of amides is 1. The Balaban J connectivity index is 1.38. The van der Waals surface area contributed by atoms with E-state index in [0.717, 1.165) is 33.0 Å². The molecule has 2 aromatic heterocycles. The second-order valence-corrected chi connectivity index (χ2v) is 10.1. The Morgan fingerprint density at radius 1 is 0.974 bits per heavy atom. The Morgan fingerprint density at radius 3 is 2.51 bits per heavy atom. The number of aromatic carboxylic acids is 1. The van der Waals surface area contributed by atoms with Gasteiger partial charge < -0.3 is 14.9 Å². The molecule has 39 heavy (non-hydrogen) atoms. The molecule has 0 spiro atoms. The molecule has 0 aliphatic heterocycles. The van der Waals surface area contributed by atoms with Gasteiger partial charge in [-0.15, -0.1) is 0 Å². The lowest BCUT2D eigenvalue weighted by Gasteiger charge is -2.16. The van der Waals surface area contributed by atoms with Crippen LogP contribution in [0.2, 0.25) is 0 Å². The zero-order chi connectivity index (χ0) is 26.9. The number of carbonyl (C=O) groups is 2. The Labute approximate surface area is 227 Å². The van der Waals surface area contributed by atoms with Gasteiger partial charge in [0.05, 0.1) is 22.6 Å². The highest BCUT2D eigenvalue weighted by molar-refractivity contribution is 7.03. The van der Waals surface area contributed by atoms with Crippen LogP contribution < -0.4 is 5.32 Å². The summed E-state index contributed by atoms with van der Waals surface area (Å²) in [5.41, 5.74) is 4.81. The molecule has 192 valence electrons. The third-order valence-electron chi connectivity index (χ3n) is 6.84. The molecule has 1 atom stereocenters. The molecule has 2 N–H and O–H groups in total. The van der Waals surface area contributed by atoms with Gasteiger partial charge in [-0.3, -0.25) is 4.79 Å². The highest BCUT2D eigenvalue weighted by atomic mass is 32.1. The number of carboxylic acid groups (broad SMARTS) is 1. The van der Waals surface area contributed by atoms with Crippen molar-refractivity contribution in [3.05, 3.63) is 118 Å². The summed E-state index contributed by atoms with van der Waals surface area (Å²) >= 11 is 1.34. The maximum absolute atomic E-state index is 13.7. The zero-order valence-corrected chi connectivity index (χ0v) is 21.7. The number of hydrogen-bond acceptors (Lipinski definition) is 6. The van der Waals surface area contributed by atoms with E-state index in [2.05, 4.69) is 45.2 Å². The van der Waals surface area contributed by atoms with Crippen molar-refractivity contribution in [3.63, 3.8) is 0 Å². The molecular formula is C31H23N3O4S. The average Bonchev–Trinajstić information content (AvgIpc) is 3.63. The standard InChI is InChI=1S/C31H23N3O4S/c1-18(20-8-10-22(11-9-20)31(36)37)33-30(35)26-14-24(25-16-32-39-17-25)15-27-29(26)28(38-34-27)13-19-6-7-21-4-2-3-5-23(21)12-19/h2-12,14-18H,13H2,1H3,(H,33,35)(H,36,37)/t18-/m0/s1. The van der Waals surface area contributed by atoms with E-state index in [4.69, 9.17) is 4.52 Å². The van der Waals surface area contributed by atoms with E-state index in [9.17, 15) is 14.7 Å². The van der Waals surface area contributed by atoms with Crippen molar-refractivity contribution >= 4 is 45.1 Å². The molecule has 2 heterocycles. The molecule has 0 aliphatic carbocycles. The van der Waals surface area contributed by atoms with Gasteiger partial charge in [0.2, 0.25) is 0 Å². The largest absolute Gasteiger partial charge is 0.478 e. The SMILES string of the molecule is C[C@H](NC(=O)c1cc(-c2cnsc2)cc2noc(Cc3ccc4ccccc4c3)c12)c1ccc(C(=O)O)cc1. The van der Waals surface area contributed by atoms with E-state index in [1.54, 1.807) is 18.3 Å². The van der Waals surface area contributed by atoms with Crippen LogP contribution in [0.1, 0.15) is 50.6 Å². The second-order valence-electron chi connectivity index (χ2n) is 9.42. The molecule has 0 aliphatic rings. The number of benzene rings is 4. The summed E-state index contributed by atoms with van der Waals surface area (Å²) in [6.07, 6.45) is 2.24. The molecule has 0 radical (unpaired) electrons. The maximum atomic E-state index is 13.7. The van der Waals surface area contributed by atoms with Gasteiger partial charge in [-0.2, -0.15) is 0 Å². The Kier molecular flexibility index (Phi) is 6.38. The van der Waals surface area contributed by atoms with Crippen molar-refractivity contribution in [2.24, 2.45) is 0 Å². The number of hydrogen-bond donors (Lipinski definition) is 2. The number of aromatic nitrogens is 2. The molecule has 0 unspecified atom stereocenters. The smallest absolute Gasteiger partial charge is 0.335 e. The fraction of sp³-hybridized carbons (Fsp3) is 0.0968. The molecule has 1 amide bonds. The van der Waals surface area contributed by atoms with Gasteiger partial charge in [-0.05, 0) is 70.2 Å². The summed E-state index contributed by atoms with van der Waals surface area (Å²) < 4.78 is 10.0. The minimum absolute atomic E-state index is 0.193. The van der Waals surface area contributed by atoms with Crippen LogP contribution in [0.4, 0.5) is 0 Å². The summed E-state index contributed by atoms with van der Waals surface area (Å²) in [4.78, 5) is 24.9. The molecule has 6 rings (SSSR count). The Morgan fingerprint density at radius 2 is 1.77 bits per heavy atom. The first-order chi connectivity index (χ1) is 19.0. The molecule has 0 fully saturated rings. The van der Waals surface area contributed by atoms with Crippen LogP contribution in [0, 0.1) is 0 Å². The van der Waals surface area contributed by atoms with E-state index in [1.807, 2.05) is 36.6 Å². The Bertz CT molecular complexity index is 1820. The zero-order valence-electron chi connectivity index (χ0n) is 20.9. The fourth-order valence-electron chi connectivity index (χ4n) is 4.76. The van der Waals surface area contributed by atoms with Crippen molar-refractivity contribution in [1.29, 1.82) is 0 Å². The van der Waals surface area contributed by atoms with Crippen LogP contribution >= 0.6 is 11.5 Å². The predicted octanol–water partition coefficient (Wildman–Crippen LogP) is 6.88. The topological polar surface area (TPSA) is 105 Å². The second kappa shape index (κ2) is 10.2. The Hall–Kier alpha value is -4.82. The first-order valence-corrected chi connectivity index (χ1v) is 13.2. The van der Waals surface area contributed by atoms with Crippen molar-refractivity contribution in [1.82, 2.24) is 14.8 Å². The van der Waals surface area contributed by atoms with Gasteiger partial charge in [-0.25, -0.2) is 9.17 Å². The molecule has 0 saturated carbocycles. The summed E-state index contributed by atoms with van der Waals surface area (Å²) in [6.45, 7) is 1.86. The summed E-state index contributed by atoms with van der Waals surface area (Å²) in [6, 6.07) is 24.3. The number of nitrogens with zero attached hydrogens (tertiary/aromatic N) is 2. The fourth-order valence-corrected chi connectivity index (χ4v) is 5.31. The molecule has 0 bridgehead atoms. The quantitative estimate of drug-likeness (QED) is 0.232. The van der Waals surface area contributed by atoms with Crippen molar-refractivity contribution in [2.75, 3.05) is 0 Å². The summed E-state index contributed by atoms with van der Waals surface area (Å²) in [5, 5.41) is 21.5. The lowest BCUT2D eigenvalue weighted by atomic mass is 9.97. The number of carboxylic acids is 1. The van der Waals surface area contributed by atoms with Crippen LogP contribution in [0.25, 0.3) is 32.8 Å². The van der Waals surface area contributed by atoms with E-state index < -0.39 is 5.97 Å². The normalized spacial score (nSPS) is 12.0. The van der Waals surface area contributed by atoms with Crippen LogP contribution in [0.5, 0.6) is 0 Å². The monoisotopic (exact) mass is 533 g/mol. The van der Waals surface area contributed by atoms with Crippen molar-refractivity contribution in [3.8, 4) is 11.1 Å². The van der Waals surface area contributed by atoms with Gasteiger partial charge in [0.1, 0.15) is 11.3 Å². The first-order valence-electron chi connectivity index (χ1n) is 12.4. The number of fused-ring (bicyclic) bond motifs is 2. The van der Waals surface area contributed by atoms with Gasteiger partial charge in [-0.1, -0.05) is 59.8 Å². The van der Waals surface area contributed by atoms with E-state index >= 15 is 0 Å². The van der Waals surface area contributed by atoms with Crippen LogP contribution in [-0.2, 0) is 6.42 Å². The molecule has 0 saturated heterocycles. The van der Waals surface area contributed by atoms with Crippen LogP contribution in [0.3, 0.4) is 0 Å². The lowest BCUT2D eigenvalue weighted by molar-refractivity contribution is 0.0696. The average molecular weight is 534 g/mol. The minimum Gasteiger partial charge on any atom is -0.478 e. The van der Waals surface area contributed by atoms with Gasteiger partial charge in [0.15, 0.2) is 0 Å². The minimum atomic E-state index is -0.994. The highest BCUT2D eigenvalue weighted by Gasteiger charge is 2.22. The third-order valence-corrected chi connectivity index (χ3v) is 7.43. The van der Waals surface area contributed by atoms with E-state index in [-0.39, 0.29) is 17.5 Å². The van der Waals surface area contributed by atoms with Crippen molar-refractivity contribution in [2.45, 2.75) is 19.4 Å². The molecule has 6 aromatic rings. The molecular weight excluding hydrogens is 510 g/mol. The van der Waals surface area contributed by atoms with Crippen LogP contribution in [-0.4, -0.2) is 26.5 Å². The first kappa shape index (κ1) is 24.5. The summed E-state index contributed by atoms with van der Waals surface area (Å²) in [7, 11) is 0. The van der Waals surface area contributed by atoms with E-state index in [1.165, 1.54) is 23.7 Å². The molecule has 4 aromatic carbocycles. The maximum Gasteiger partial charge on any atom is 0.335 e. The number of carbonyl (C=O) groups excluding carboxylic acids is 1. The van der Waals surface area contributed by atoms with Gasteiger partial charge in [0.25, 0.3) is 5.91 Å². The van der Waals surface area contributed by atoms with Gasteiger partial charge >= 0.3 is 5.97 Å². The third kappa shape index (κ3) is 4.89. The number of rotatable bonds is 7. The molecule has 8 heteroatoms. The van der Waals surface area contributed by atoms with Crippen LogP contribution in [0.15, 0.2) is 95.0 Å².